The summed E-state index contributed by atoms with van der Waals surface area (Å²) in [6.07, 6.45) is 0.450. The molecule has 0 saturated heterocycles. The zero-order chi connectivity index (χ0) is 14.5. The van der Waals surface area contributed by atoms with Gasteiger partial charge in [-0.3, -0.25) is 0 Å². The molecule has 108 valence electrons. The first-order valence-corrected chi connectivity index (χ1v) is 7.39. The second-order valence-electron chi connectivity index (χ2n) is 6.20. The van der Waals surface area contributed by atoms with Crippen molar-refractivity contribution in [1.82, 2.24) is 4.90 Å². The van der Waals surface area contributed by atoms with E-state index in [1.54, 1.807) is 0 Å². The minimum Gasteiger partial charge on any atom is -0.388 e. The fraction of sp³-hybridized carbons (Fsp3) is 0.647. The lowest BCUT2D eigenvalue weighted by atomic mass is 9.86. The Morgan fingerprint density at radius 2 is 1.58 bits per heavy atom. The first-order valence-electron chi connectivity index (χ1n) is 7.39. The van der Waals surface area contributed by atoms with Crippen LogP contribution in [-0.2, 0) is 5.41 Å². The Morgan fingerprint density at radius 1 is 1.05 bits per heavy atom. The average Bonchev–Trinajstić information content (AvgIpc) is 2.39. The predicted octanol–water partition coefficient (Wildman–Crippen LogP) is 3.75. The van der Waals surface area contributed by atoms with E-state index in [-0.39, 0.29) is 11.5 Å². The molecule has 0 spiro atoms. The summed E-state index contributed by atoms with van der Waals surface area (Å²) in [6.45, 7) is 14.0. The van der Waals surface area contributed by atoms with Gasteiger partial charge < -0.3 is 10.0 Å². The molecule has 0 heterocycles. The highest BCUT2D eigenvalue weighted by molar-refractivity contribution is 5.28. The van der Waals surface area contributed by atoms with E-state index in [2.05, 4.69) is 63.8 Å². The van der Waals surface area contributed by atoms with Crippen LogP contribution in [0.2, 0.25) is 0 Å². The van der Waals surface area contributed by atoms with Gasteiger partial charge in [0.2, 0.25) is 0 Å². The van der Waals surface area contributed by atoms with Crippen molar-refractivity contribution >= 4 is 0 Å². The second kappa shape index (κ2) is 7.06. The van der Waals surface area contributed by atoms with Crippen LogP contribution in [0.1, 0.15) is 58.3 Å². The molecule has 0 fully saturated rings. The van der Waals surface area contributed by atoms with Crippen LogP contribution in [0.5, 0.6) is 0 Å². The van der Waals surface area contributed by atoms with Gasteiger partial charge in [0.05, 0.1) is 6.10 Å². The Balaban J connectivity index is 2.60. The van der Waals surface area contributed by atoms with Crippen LogP contribution in [0.4, 0.5) is 0 Å². The van der Waals surface area contributed by atoms with Gasteiger partial charge in [-0.15, -0.1) is 0 Å². The molecule has 19 heavy (non-hydrogen) atoms. The number of aliphatic hydroxyl groups excluding tert-OH is 1. The Labute approximate surface area is 118 Å². The van der Waals surface area contributed by atoms with Gasteiger partial charge >= 0.3 is 0 Å². The molecule has 1 unspecified atom stereocenters. The Bertz CT molecular complexity index is 360. The lowest BCUT2D eigenvalue weighted by Gasteiger charge is -2.22. The van der Waals surface area contributed by atoms with E-state index in [9.17, 15) is 5.11 Å². The molecular weight excluding hydrogens is 234 g/mol. The summed E-state index contributed by atoms with van der Waals surface area (Å²) < 4.78 is 0. The third kappa shape index (κ3) is 4.96. The van der Waals surface area contributed by atoms with Gasteiger partial charge in [0.1, 0.15) is 0 Å². The molecule has 0 saturated carbocycles. The molecule has 1 aromatic rings. The van der Waals surface area contributed by atoms with Crippen molar-refractivity contribution in [2.45, 2.75) is 52.6 Å². The molecule has 2 nitrogen and oxygen atoms in total. The normalized spacial score (nSPS) is 13.8. The standard InChI is InChI=1S/C17H29NO/c1-6-18(7-2)13-12-16(19)14-8-10-15(11-9-14)17(3,4)5/h8-11,16,19H,6-7,12-13H2,1-5H3. The fourth-order valence-electron chi connectivity index (χ4n) is 2.22. The summed E-state index contributed by atoms with van der Waals surface area (Å²) in [6, 6.07) is 8.40. The smallest absolute Gasteiger partial charge is 0.0802 e. The second-order valence-corrected chi connectivity index (χ2v) is 6.20. The molecule has 0 aliphatic carbocycles. The van der Waals surface area contributed by atoms with Crippen molar-refractivity contribution in [3.63, 3.8) is 0 Å². The first-order chi connectivity index (χ1) is 8.88. The first kappa shape index (κ1) is 16.2. The average molecular weight is 263 g/mol. The maximum atomic E-state index is 10.2. The van der Waals surface area contributed by atoms with Gasteiger partial charge in [-0.1, -0.05) is 58.9 Å². The molecule has 0 amide bonds. The third-order valence-corrected chi connectivity index (χ3v) is 3.77. The highest BCUT2D eigenvalue weighted by atomic mass is 16.3. The summed E-state index contributed by atoms with van der Waals surface area (Å²) >= 11 is 0. The number of nitrogens with zero attached hydrogens (tertiary/aromatic N) is 1. The zero-order valence-corrected chi connectivity index (χ0v) is 13.1. The monoisotopic (exact) mass is 263 g/mol. The predicted molar refractivity (Wildman–Crippen MR) is 82.5 cm³/mol. The van der Waals surface area contributed by atoms with E-state index in [0.29, 0.717) is 0 Å². The molecule has 0 bridgehead atoms. The van der Waals surface area contributed by atoms with Crippen LogP contribution >= 0.6 is 0 Å². The van der Waals surface area contributed by atoms with Crippen LogP contribution in [0.25, 0.3) is 0 Å². The molecule has 1 rings (SSSR count). The highest BCUT2D eigenvalue weighted by Gasteiger charge is 2.14. The molecule has 2 heteroatoms. The highest BCUT2D eigenvalue weighted by Crippen LogP contribution is 2.24. The summed E-state index contributed by atoms with van der Waals surface area (Å²) in [5, 5.41) is 10.2. The van der Waals surface area contributed by atoms with Crippen molar-refractivity contribution in [1.29, 1.82) is 0 Å². The number of hydrogen-bond donors (Lipinski definition) is 1. The SMILES string of the molecule is CCN(CC)CCC(O)c1ccc(C(C)(C)C)cc1. The van der Waals surface area contributed by atoms with Crippen LogP contribution in [0.15, 0.2) is 24.3 Å². The number of benzene rings is 1. The quantitative estimate of drug-likeness (QED) is 0.845. The number of hydrogen-bond acceptors (Lipinski definition) is 2. The minimum atomic E-state index is -0.352. The Kier molecular flexibility index (Phi) is 6.02. The van der Waals surface area contributed by atoms with Crippen molar-refractivity contribution in [3.8, 4) is 0 Å². The van der Waals surface area contributed by atoms with Crippen molar-refractivity contribution in [2.75, 3.05) is 19.6 Å². The van der Waals surface area contributed by atoms with Gasteiger partial charge in [-0.05, 0) is 36.1 Å². The largest absolute Gasteiger partial charge is 0.388 e. The summed E-state index contributed by atoms with van der Waals surface area (Å²) in [4.78, 5) is 2.34. The molecular formula is C17H29NO. The molecule has 1 atom stereocenters. The summed E-state index contributed by atoms with van der Waals surface area (Å²) in [7, 11) is 0. The number of aliphatic hydroxyl groups is 1. The summed E-state index contributed by atoms with van der Waals surface area (Å²) in [5.74, 6) is 0. The van der Waals surface area contributed by atoms with E-state index in [0.717, 1.165) is 31.6 Å². The zero-order valence-electron chi connectivity index (χ0n) is 13.1. The van der Waals surface area contributed by atoms with Crippen LogP contribution < -0.4 is 0 Å². The maximum absolute atomic E-state index is 10.2. The lowest BCUT2D eigenvalue weighted by molar-refractivity contribution is 0.145. The Morgan fingerprint density at radius 3 is 2.00 bits per heavy atom. The molecule has 0 aromatic heterocycles. The number of rotatable bonds is 6. The Hall–Kier alpha value is -0.860. The summed E-state index contributed by atoms with van der Waals surface area (Å²) in [5.41, 5.74) is 2.51. The van der Waals surface area contributed by atoms with E-state index in [4.69, 9.17) is 0 Å². The van der Waals surface area contributed by atoms with E-state index >= 15 is 0 Å². The van der Waals surface area contributed by atoms with E-state index in [1.807, 2.05) is 0 Å². The minimum absolute atomic E-state index is 0.171. The molecule has 0 aliphatic heterocycles. The lowest BCUT2D eigenvalue weighted by Crippen LogP contribution is -2.25. The third-order valence-electron chi connectivity index (χ3n) is 3.77. The topological polar surface area (TPSA) is 23.5 Å². The van der Waals surface area contributed by atoms with Crippen molar-refractivity contribution < 1.29 is 5.11 Å². The maximum Gasteiger partial charge on any atom is 0.0802 e. The fourth-order valence-corrected chi connectivity index (χ4v) is 2.22. The van der Waals surface area contributed by atoms with E-state index < -0.39 is 0 Å². The van der Waals surface area contributed by atoms with Crippen LogP contribution in [0.3, 0.4) is 0 Å². The van der Waals surface area contributed by atoms with Crippen molar-refractivity contribution in [3.05, 3.63) is 35.4 Å². The molecule has 1 aromatic carbocycles. The van der Waals surface area contributed by atoms with Gasteiger partial charge in [0.15, 0.2) is 0 Å². The molecule has 1 N–H and O–H groups in total. The van der Waals surface area contributed by atoms with Crippen LogP contribution in [0, 0.1) is 0 Å². The van der Waals surface area contributed by atoms with Crippen LogP contribution in [-0.4, -0.2) is 29.6 Å². The molecule has 0 aliphatic rings. The van der Waals surface area contributed by atoms with Gasteiger partial charge in [0, 0.05) is 6.54 Å². The van der Waals surface area contributed by atoms with E-state index in [1.165, 1.54) is 5.56 Å². The molecule has 0 radical (unpaired) electrons. The van der Waals surface area contributed by atoms with Gasteiger partial charge in [0.25, 0.3) is 0 Å². The van der Waals surface area contributed by atoms with Gasteiger partial charge in [-0.25, -0.2) is 0 Å². The van der Waals surface area contributed by atoms with Crippen molar-refractivity contribution in [2.24, 2.45) is 0 Å². The van der Waals surface area contributed by atoms with Gasteiger partial charge in [-0.2, -0.15) is 0 Å².